The van der Waals surface area contributed by atoms with Gasteiger partial charge in [0, 0.05) is 18.7 Å². The zero-order valence-corrected chi connectivity index (χ0v) is 18.6. The Morgan fingerprint density at radius 2 is 1.97 bits per heavy atom. The molecule has 160 valence electrons. The minimum absolute atomic E-state index is 0. The number of carbonyl (C=O) groups is 1. The summed E-state index contributed by atoms with van der Waals surface area (Å²) in [5.74, 6) is -0.878. The van der Waals surface area contributed by atoms with Gasteiger partial charge in [0.15, 0.2) is 5.13 Å². The normalized spacial score (nSPS) is 10.8. The number of hydrogen-bond donors (Lipinski definition) is 0. The van der Waals surface area contributed by atoms with Gasteiger partial charge in [-0.2, -0.15) is 0 Å². The van der Waals surface area contributed by atoms with Gasteiger partial charge in [0.25, 0.3) is 11.6 Å². The number of nitrogens with zero attached hydrogens (tertiary/aromatic N) is 4. The molecule has 30 heavy (non-hydrogen) atoms. The van der Waals surface area contributed by atoms with Crippen LogP contribution in [-0.4, -0.2) is 47.9 Å². The first-order chi connectivity index (χ1) is 13.8. The van der Waals surface area contributed by atoms with Gasteiger partial charge in [0.05, 0.1) is 25.7 Å². The van der Waals surface area contributed by atoms with E-state index in [4.69, 9.17) is 11.6 Å². The number of non-ortho nitro benzene ring substituents is 1. The number of rotatable bonds is 7. The molecule has 0 aliphatic carbocycles. The van der Waals surface area contributed by atoms with Crippen molar-refractivity contribution in [3.8, 4) is 0 Å². The second kappa shape index (κ2) is 10.1. The van der Waals surface area contributed by atoms with Gasteiger partial charge in [-0.1, -0.05) is 22.9 Å². The summed E-state index contributed by atoms with van der Waals surface area (Å²) in [6.07, 6.45) is 0.648. The molecule has 0 saturated carbocycles. The third-order valence-electron chi connectivity index (χ3n) is 4.19. The highest BCUT2D eigenvalue weighted by molar-refractivity contribution is 7.22. The van der Waals surface area contributed by atoms with E-state index in [0.29, 0.717) is 28.3 Å². The molecule has 1 heterocycles. The fourth-order valence-corrected chi connectivity index (χ4v) is 3.98. The SMILES string of the molecule is CN(C)CCCN(C(=O)c1cc([N+](=O)[O-])ccc1Cl)c1nc2ccc(F)cc2s1.Cl. The van der Waals surface area contributed by atoms with E-state index in [0.717, 1.165) is 12.6 Å². The molecule has 1 amide bonds. The molecule has 0 bridgehead atoms. The topological polar surface area (TPSA) is 79.6 Å². The molecule has 0 unspecified atom stereocenters. The van der Waals surface area contributed by atoms with E-state index in [1.807, 2.05) is 19.0 Å². The van der Waals surface area contributed by atoms with Crippen molar-refractivity contribution >= 4 is 62.3 Å². The second-order valence-corrected chi connectivity index (χ2v) is 8.06. The maximum atomic E-state index is 13.5. The van der Waals surface area contributed by atoms with Gasteiger partial charge in [-0.25, -0.2) is 9.37 Å². The molecule has 0 atom stereocenters. The van der Waals surface area contributed by atoms with Crippen LogP contribution in [0, 0.1) is 15.9 Å². The number of thiazole rings is 1. The van der Waals surface area contributed by atoms with Gasteiger partial charge in [-0.15, -0.1) is 12.4 Å². The minimum atomic E-state index is -0.579. The maximum absolute atomic E-state index is 13.5. The van der Waals surface area contributed by atoms with Gasteiger partial charge >= 0.3 is 0 Å². The molecule has 7 nitrogen and oxygen atoms in total. The van der Waals surface area contributed by atoms with Crippen LogP contribution in [0.15, 0.2) is 36.4 Å². The van der Waals surface area contributed by atoms with Crippen LogP contribution in [0.25, 0.3) is 10.2 Å². The van der Waals surface area contributed by atoms with Crippen molar-refractivity contribution in [2.24, 2.45) is 0 Å². The first kappa shape index (κ1) is 23.9. The number of benzene rings is 2. The molecule has 0 aliphatic rings. The molecular weight excluding hydrogens is 454 g/mol. The molecule has 11 heteroatoms. The highest BCUT2D eigenvalue weighted by atomic mass is 35.5. The van der Waals surface area contributed by atoms with Crippen LogP contribution in [0.4, 0.5) is 15.2 Å². The summed E-state index contributed by atoms with van der Waals surface area (Å²) in [5.41, 5.74) is 0.371. The third kappa shape index (κ3) is 5.42. The van der Waals surface area contributed by atoms with Gasteiger partial charge in [0.2, 0.25) is 0 Å². The lowest BCUT2D eigenvalue weighted by atomic mass is 10.1. The van der Waals surface area contributed by atoms with E-state index >= 15 is 0 Å². The van der Waals surface area contributed by atoms with Crippen molar-refractivity contribution in [3.05, 3.63) is 62.9 Å². The number of fused-ring (bicyclic) bond motifs is 1. The fourth-order valence-electron chi connectivity index (χ4n) is 2.77. The lowest BCUT2D eigenvalue weighted by molar-refractivity contribution is -0.384. The van der Waals surface area contributed by atoms with Crippen molar-refractivity contribution in [2.45, 2.75) is 6.42 Å². The van der Waals surface area contributed by atoms with E-state index in [1.54, 1.807) is 6.07 Å². The number of halogens is 3. The van der Waals surface area contributed by atoms with Gasteiger partial charge in [-0.3, -0.25) is 19.8 Å². The van der Waals surface area contributed by atoms with Crippen LogP contribution >= 0.6 is 35.3 Å². The standard InChI is InChI=1S/C19H18ClFN4O3S.ClH/c1-23(2)8-3-9-24(19-22-16-7-4-12(21)10-17(16)29-19)18(26)14-11-13(25(27)28)5-6-15(14)20;/h4-7,10-11H,3,8-9H2,1-2H3;1H. The first-order valence-electron chi connectivity index (χ1n) is 8.73. The lowest BCUT2D eigenvalue weighted by Gasteiger charge is -2.21. The van der Waals surface area contributed by atoms with E-state index in [1.165, 1.54) is 40.5 Å². The summed E-state index contributed by atoms with van der Waals surface area (Å²) in [6, 6.07) is 7.96. The van der Waals surface area contributed by atoms with Gasteiger partial charge in [0.1, 0.15) is 5.82 Å². The van der Waals surface area contributed by atoms with Crippen molar-refractivity contribution in [3.63, 3.8) is 0 Å². The van der Waals surface area contributed by atoms with E-state index in [-0.39, 0.29) is 34.5 Å². The summed E-state index contributed by atoms with van der Waals surface area (Å²) < 4.78 is 14.2. The Hall–Kier alpha value is -2.33. The molecule has 0 radical (unpaired) electrons. The van der Waals surface area contributed by atoms with Crippen LogP contribution < -0.4 is 4.90 Å². The van der Waals surface area contributed by atoms with Crippen molar-refractivity contribution in [1.82, 2.24) is 9.88 Å². The molecule has 3 rings (SSSR count). The first-order valence-corrected chi connectivity index (χ1v) is 9.92. The zero-order valence-electron chi connectivity index (χ0n) is 16.2. The molecule has 0 saturated heterocycles. The van der Waals surface area contributed by atoms with Gasteiger partial charge in [-0.05, 0) is 51.3 Å². The van der Waals surface area contributed by atoms with Crippen molar-refractivity contribution in [1.29, 1.82) is 0 Å². The molecule has 0 spiro atoms. The number of aromatic nitrogens is 1. The third-order valence-corrected chi connectivity index (χ3v) is 5.56. The average molecular weight is 473 g/mol. The summed E-state index contributed by atoms with van der Waals surface area (Å²) in [5, 5.41) is 11.6. The summed E-state index contributed by atoms with van der Waals surface area (Å²) in [4.78, 5) is 31.7. The molecule has 0 aliphatic heterocycles. The monoisotopic (exact) mass is 472 g/mol. The van der Waals surface area contributed by atoms with E-state index in [2.05, 4.69) is 4.98 Å². The summed E-state index contributed by atoms with van der Waals surface area (Å²) >= 11 is 7.35. The number of nitro benzene ring substituents is 1. The van der Waals surface area contributed by atoms with Crippen LogP contribution in [0.1, 0.15) is 16.8 Å². The Labute approximate surface area is 187 Å². The zero-order chi connectivity index (χ0) is 21.1. The lowest BCUT2D eigenvalue weighted by Crippen LogP contribution is -2.33. The Kier molecular flexibility index (Phi) is 8.08. The molecule has 0 N–H and O–H groups in total. The van der Waals surface area contributed by atoms with Gasteiger partial charge < -0.3 is 4.90 Å². The van der Waals surface area contributed by atoms with Crippen LogP contribution in [0.5, 0.6) is 0 Å². The number of nitro groups is 1. The predicted molar refractivity (Wildman–Crippen MR) is 120 cm³/mol. The van der Waals surface area contributed by atoms with Crippen LogP contribution in [0.3, 0.4) is 0 Å². The number of amides is 1. The highest BCUT2D eigenvalue weighted by Crippen LogP contribution is 2.32. The Morgan fingerprint density at radius 3 is 2.63 bits per heavy atom. The maximum Gasteiger partial charge on any atom is 0.270 e. The number of carbonyl (C=O) groups excluding carboxylic acids is 1. The van der Waals surface area contributed by atoms with Crippen molar-refractivity contribution in [2.75, 3.05) is 32.1 Å². The molecule has 0 fully saturated rings. The number of hydrogen-bond acceptors (Lipinski definition) is 6. The van der Waals surface area contributed by atoms with E-state index in [9.17, 15) is 19.3 Å². The van der Waals surface area contributed by atoms with Crippen LogP contribution in [0.2, 0.25) is 5.02 Å². The number of anilines is 1. The molecule has 3 aromatic rings. The predicted octanol–water partition coefficient (Wildman–Crippen LogP) is 5.02. The smallest absolute Gasteiger partial charge is 0.270 e. The second-order valence-electron chi connectivity index (χ2n) is 6.64. The van der Waals surface area contributed by atoms with Crippen molar-refractivity contribution < 1.29 is 14.1 Å². The minimum Gasteiger partial charge on any atom is -0.309 e. The average Bonchev–Trinajstić information content (AvgIpc) is 3.07. The Morgan fingerprint density at radius 1 is 1.23 bits per heavy atom. The summed E-state index contributed by atoms with van der Waals surface area (Å²) in [7, 11) is 3.84. The quantitative estimate of drug-likeness (QED) is 0.356. The molecular formula is C19H19Cl2FN4O3S. The molecule has 1 aromatic heterocycles. The summed E-state index contributed by atoms with van der Waals surface area (Å²) in [6.45, 7) is 1.06. The Balaban J connectivity index is 0.00000320. The Bertz CT molecular complexity index is 1080. The molecule has 2 aromatic carbocycles. The van der Waals surface area contributed by atoms with Crippen LogP contribution in [-0.2, 0) is 0 Å². The largest absolute Gasteiger partial charge is 0.309 e. The fraction of sp³-hybridized carbons (Fsp3) is 0.263. The van der Waals surface area contributed by atoms with E-state index < -0.39 is 10.8 Å². The highest BCUT2D eigenvalue weighted by Gasteiger charge is 2.25.